The van der Waals surface area contributed by atoms with Gasteiger partial charge in [-0.1, -0.05) is 6.92 Å². The Bertz CT molecular complexity index is 205. The lowest BCUT2D eigenvalue weighted by Crippen LogP contribution is -2.57. The normalized spacial score (nSPS) is 31.6. The number of rotatable bonds is 2. The number of nitrogens with two attached hydrogens (primary N) is 1. The molecule has 0 spiro atoms. The van der Waals surface area contributed by atoms with Crippen LogP contribution in [-0.2, 0) is 0 Å². The number of nitrogens with zero attached hydrogens (tertiary/aromatic N) is 1. The van der Waals surface area contributed by atoms with Crippen molar-refractivity contribution in [2.75, 3.05) is 13.1 Å². The minimum Gasteiger partial charge on any atom is -0.329 e. The van der Waals surface area contributed by atoms with Crippen molar-refractivity contribution in [2.45, 2.75) is 44.9 Å². The molecule has 0 amide bonds. The zero-order valence-corrected chi connectivity index (χ0v) is 9.22. The number of halogens is 3. The molecule has 90 valence electrons. The highest BCUT2D eigenvalue weighted by molar-refractivity contribution is 4.88. The van der Waals surface area contributed by atoms with Crippen molar-refractivity contribution in [2.24, 2.45) is 11.7 Å². The molecule has 0 radical (unpaired) electrons. The van der Waals surface area contributed by atoms with E-state index in [0.29, 0.717) is 12.5 Å². The quantitative estimate of drug-likeness (QED) is 0.777. The molecule has 1 rings (SSSR count). The molecule has 3 atom stereocenters. The van der Waals surface area contributed by atoms with E-state index in [1.54, 1.807) is 0 Å². The van der Waals surface area contributed by atoms with Crippen LogP contribution in [0.3, 0.4) is 0 Å². The monoisotopic (exact) mass is 224 g/mol. The smallest absolute Gasteiger partial charge is 0.329 e. The van der Waals surface area contributed by atoms with E-state index >= 15 is 0 Å². The molecular formula is C10H19F3N2. The Morgan fingerprint density at radius 1 is 1.40 bits per heavy atom. The van der Waals surface area contributed by atoms with Gasteiger partial charge < -0.3 is 5.73 Å². The Kier molecular flexibility index (Phi) is 4.00. The molecule has 0 aliphatic carbocycles. The highest BCUT2D eigenvalue weighted by Crippen LogP contribution is 2.31. The van der Waals surface area contributed by atoms with Gasteiger partial charge in [0, 0.05) is 12.6 Å². The number of alkyl halides is 3. The Labute approximate surface area is 88.6 Å². The summed E-state index contributed by atoms with van der Waals surface area (Å²) in [6.45, 7) is 4.02. The molecule has 0 aromatic heterocycles. The molecule has 1 aliphatic heterocycles. The summed E-state index contributed by atoms with van der Waals surface area (Å²) in [7, 11) is 0. The average molecular weight is 224 g/mol. The minimum absolute atomic E-state index is 0.0334. The zero-order valence-electron chi connectivity index (χ0n) is 9.22. The van der Waals surface area contributed by atoms with Crippen molar-refractivity contribution in [3.05, 3.63) is 0 Å². The van der Waals surface area contributed by atoms with Crippen LogP contribution in [0.25, 0.3) is 0 Å². The lowest BCUT2D eigenvalue weighted by atomic mass is 9.90. The predicted molar refractivity (Wildman–Crippen MR) is 53.5 cm³/mol. The van der Waals surface area contributed by atoms with E-state index < -0.39 is 12.2 Å². The van der Waals surface area contributed by atoms with Gasteiger partial charge in [0.25, 0.3) is 0 Å². The third kappa shape index (κ3) is 2.84. The van der Waals surface area contributed by atoms with Crippen LogP contribution in [0.1, 0.15) is 26.7 Å². The zero-order chi connectivity index (χ0) is 11.6. The summed E-state index contributed by atoms with van der Waals surface area (Å²) >= 11 is 0. The van der Waals surface area contributed by atoms with Gasteiger partial charge in [-0.15, -0.1) is 0 Å². The van der Waals surface area contributed by atoms with E-state index in [1.165, 1.54) is 4.90 Å². The van der Waals surface area contributed by atoms with Gasteiger partial charge >= 0.3 is 6.18 Å². The summed E-state index contributed by atoms with van der Waals surface area (Å²) in [5.74, 6) is 0.315. The summed E-state index contributed by atoms with van der Waals surface area (Å²) in [6.07, 6.45) is -2.37. The van der Waals surface area contributed by atoms with Crippen LogP contribution in [0.4, 0.5) is 13.2 Å². The van der Waals surface area contributed by atoms with Crippen molar-refractivity contribution in [1.82, 2.24) is 4.90 Å². The maximum Gasteiger partial charge on any atom is 0.405 e. The number of piperidine rings is 1. The molecule has 15 heavy (non-hydrogen) atoms. The van der Waals surface area contributed by atoms with Crippen LogP contribution >= 0.6 is 0 Å². The molecule has 0 aromatic rings. The van der Waals surface area contributed by atoms with Gasteiger partial charge in [-0.2, -0.15) is 13.2 Å². The van der Waals surface area contributed by atoms with E-state index in [-0.39, 0.29) is 12.6 Å². The largest absolute Gasteiger partial charge is 0.405 e. The van der Waals surface area contributed by atoms with Gasteiger partial charge in [0.15, 0.2) is 0 Å². The van der Waals surface area contributed by atoms with Crippen LogP contribution in [0, 0.1) is 5.92 Å². The van der Waals surface area contributed by atoms with E-state index in [9.17, 15) is 13.2 Å². The molecular weight excluding hydrogens is 205 g/mol. The molecule has 1 saturated heterocycles. The van der Waals surface area contributed by atoms with Crippen molar-refractivity contribution in [1.29, 1.82) is 0 Å². The molecule has 0 aromatic carbocycles. The molecule has 1 aliphatic rings. The second-order valence-corrected chi connectivity index (χ2v) is 4.39. The van der Waals surface area contributed by atoms with Crippen LogP contribution in [0.2, 0.25) is 0 Å². The molecule has 5 heteroatoms. The first-order valence-corrected chi connectivity index (χ1v) is 5.40. The summed E-state index contributed by atoms with van der Waals surface area (Å²) in [5, 5.41) is 0. The van der Waals surface area contributed by atoms with Crippen LogP contribution in [0.15, 0.2) is 0 Å². The first-order chi connectivity index (χ1) is 6.88. The Hall–Kier alpha value is -0.290. The van der Waals surface area contributed by atoms with Crippen molar-refractivity contribution >= 4 is 0 Å². The first kappa shape index (κ1) is 12.8. The molecule has 2 N–H and O–H groups in total. The molecule has 0 saturated carbocycles. The molecule has 2 nitrogen and oxygen atoms in total. The predicted octanol–water partition coefficient (Wildman–Crippen LogP) is 2.00. The Morgan fingerprint density at radius 3 is 2.47 bits per heavy atom. The standard InChI is InChI=1S/C10H19F3N2/c1-7-4-3-5-15(8(7)2)9(6-14)10(11,12)13/h7-9H,3-6,14H2,1-2H3. The third-order valence-corrected chi connectivity index (χ3v) is 3.42. The summed E-state index contributed by atoms with van der Waals surface area (Å²) in [5.41, 5.74) is 5.24. The topological polar surface area (TPSA) is 29.3 Å². The fraction of sp³-hybridized carbons (Fsp3) is 1.00. The molecule has 0 bridgehead atoms. The van der Waals surface area contributed by atoms with Gasteiger partial charge in [-0.05, 0) is 32.2 Å². The molecule has 3 unspecified atom stereocenters. The van der Waals surface area contributed by atoms with Gasteiger partial charge in [0.2, 0.25) is 0 Å². The number of likely N-dealkylation sites (tertiary alicyclic amines) is 1. The van der Waals surface area contributed by atoms with Crippen molar-refractivity contribution < 1.29 is 13.2 Å². The minimum atomic E-state index is -4.21. The highest BCUT2D eigenvalue weighted by atomic mass is 19.4. The van der Waals surface area contributed by atoms with Gasteiger partial charge in [0.05, 0.1) is 0 Å². The first-order valence-electron chi connectivity index (χ1n) is 5.40. The van der Waals surface area contributed by atoms with E-state index in [0.717, 1.165) is 12.8 Å². The number of hydrogen-bond donors (Lipinski definition) is 1. The maximum absolute atomic E-state index is 12.7. The fourth-order valence-electron chi connectivity index (χ4n) is 2.26. The van der Waals surface area contributed by atoms with E-state index in [1.807, 2.05) is 13.8 Å². The van der Waals surface area contributed by atoms with Crippen molar-refractivity contribution in [3.63, 3.8) is 0 Å². The Balaban J connectivity index is 2.75. The van der Waals surface area contributed by atoms with Gasteiger partial charge in [-0.3, -0.25) is 4.90 Å². The fourth-order valence-corrected chi connectivity index (χ4v) is 2.26. The van der Waals surface area contributed by atoms with Crippen LogP contribution < -0.4 is 5.73 Å². The van der Waals surface area contributed by atoms with E-state index in [4.69, 9.17) is 5.73 Å². The summed E-state index contributed by atoms with van der Waals surface area (Å²) < 4.78 is 38.1. The lowest BCUT2D eigenvalue weighted by molar-refractivity contribution is -0.191. The lowest BCUT2D eigenvalue weighted by Gasteiger charge is -2.42. The molecule has 1 fully saturated rings. The summed E-state index contributed by atoms with van der Waals surface area (Å²) in [4.78, 5) is 1.51. The second kappa shape index (κ2) is 4.70. The van der Waals surface area contributed by atoms with Crippen molar-refractivity contribution in [3.8, 4) is 0 Å². The SMILES string of the molecule is CC1CCCN(C(CN)C(F)(F)F)C1C. The molecule has 1 heterocycles. The number of hydrogen-bond acceptors (Lipinski definition) is 2. The van der Waals surface area contributed by atoms with E-state index in [2.05, 4.69) is 0 Å². The average Bonchev–Trinajstić information content (AvgIpc) is 2.11. The second-order valence-electron chi connectivity index (χ2n) is 4.39. The highest BCUT2D eigenvalue weighted by Gasteiger charge is 2.45. The van der Waals surface area contributed by atoms with Crippen LogP contribution in [0.5, 0.6) is 0 Å². The van der Waals surface area contributed by atoms with Gasteiger partial charge in [0.1, 0.15) is 6.04 Å². The van der Waals surface area contributed by atoms with Gasteiger partial charge in [-0.25, -0.2) is 0 Å². The third-order valence-electron chi connectivity index (χ3n) is 3.42. The maximum atomic E-state index is 12.7. The summed E-state index contributed by atoms with van der Waals surface area (Å²) in [6, 6.07) is -1.51. The Morgan fingerprint density at radius 2 is 2.00 bits per heavy atom. The van der Waals surface area contributed by atoms with Crippen LogP contribution in [-0.4, -0.2) is 36.2 Å².